The van der Waals surface area contributed by atoms with E-state index < -0.39 is 12.1 Å². The number of methoxy groups -OCH3 is 2. The first-order chi connectivity index (χ1) is 18.4. The Morgan fingerprint density at radius 3 is 2.45 bits per heavy atom. The van der Waals surface area contributed by atoms with E-state index in [2.05, 4.69) is 10.3 Å². The summed E-state index contributed by atoms with van der Waals surface area (Å²) in [4.78, 5) is 29.2. The number of ether oxygens (including phenoxy) is 3. The summed E-state index contributed by atoms with van der Waals surface area (Å²) >= 11 is 0. The van der Waals surface area contributed by atoms with Gasteiger partial charge in [0.15, 0.2) is 11.5 Å². The van der Waals surface area contributed by atoms with Gasteiger partial charge in [0.25, 0.3) is 0 Å². The average molecular weight is 518 g/mol. The first-order valence-corrected chi connectivity index (χ1v) is 12.0. The van der Waals surface area contributed by atoms with Crippen molar-refractivity contribution in [3.63, 3.8) is 0 Å². The lowest BCUT2D eigenvalue weighted by Gasteiger charge is -2.14. The second-order valence-corrected chi connectivity index (χ2v) is 8.84. The quantitative estimate of drug-likeness (QED) is 0.330. The Balaban J connectivity index is 1.49. The van der Waals surface area contributed by atoms with E-state index in [1.165, 1.54) is 12.0 Å². The van der Waals surface area contributed by atoms with Crippen LogP contribution in [0.1, 0.15) is 22.3 Å². The normalized spacial score (nSPS) is 14.9. The van der Waals surface area contributed by atoms with Crippen molar-refractivity contribution in [2.45, 2.75) is 19.0 Å². The van der Waals surface area contributed by atoms with Crippen LogP contribution in [0.5, 0.6) is 17.2 Å². The summed E-state index contributed by atoms with van der Waals surface area (Å²) < 4.78 is 18.0. The number of esters is 1. The number of anilines is 1. The molecule has 1 unspecified atom stereocenters. The number of pyridine rings is 1. The van der Waals surface area contributed by atoms with Gasteiger partial charge in [0.1, 0.15) is 22.6 Å². The minimum atomic E-state index is -0.940. The second kappa shape index (κ2) is 10.7. The maximum atomic E-state index is 11.8. The predicted molar refractivity (Wildman–Crippen MR) is 139 cm³/mol. The Hall–Kier alpha value is -4.80. The molecule has 0 aliphatic carbocycles. The number of hydrogen-bond acceptors (Lipinski definition) is 8. The Morgan fingerprint density at radius 2 is 1.79 bits per heavy atom. The molecule has 4 aromatic rings. The lowest BCUT2D eigenvalue weighted by molar-refractivity contribution is 0.0600. The lowest BCUT2D eigenvalue weighted by Crippen LogP contribution is -2.30. The maximum absolute atomic E-state index is 11.8. The summed E-state index contributed by atoms with van der Waals surface area (Å²) in [5, 5.41) is 18.3. The highest BCUT2D eigenvalue weighted by atomic mass is 16.5. The minimum absolute atomic E-state index is 0.106. The minimum Gasteiger partial charge on any atom is -0.497 e. The number of hydrogen-bond donors (Lipinski definition) is 2. The molecule has 1 amide bonds. The molecule has 196 valence electrons. The molecule has 1 saturated heterocycles. The van der Waals surface area contributed by atoms with E-state index in [9.17, 15) is 14.7 Å². The van der Waals surface area contributed by atoms with Crippen LogP contribution in [0.3, 0.4) is 0 Å². The number of benzene rings is 2. The smallest absolute Gasteiger partial charge is 0.407 e. The highest BCUT2D eigenvalue weighted by molar-refractivity contribution is 5.94. The molecule has 2 N–H and O–H groups in total. The van der Waals surface area contributed by atoms with E-state index in [1.54, 1.807) is 48.3 Å². The summed E-state index contributed by atoms with van der Waals surface area (Å²) in [5.41, 5.74) is 2.03. The fraction of sp³-hybridized carbons (Fsp3) is 0.259. The molecule has 1 aliphatic rings. The number of aromatic nitrogens is 3. The van der Waals surface area contributed by atoms with Crippen LogP contribution < -0.4 is 14.8 Å². The van der Waals surface area contributed by atoms with Crippen molar-refractivity contribution < 1.29 is 28.9 Å². The molecule has 0 saturated carbocycles. The Morgan fingerprint density at radius 1 is 1.05 bits per heavy atom. The molecule has 38 heavy (non-hydrogen) atoms. The summed E-state index contributed by atoms with van der Waals surface area (Å²) in [5.74, 6) is 1.94. The van der Waals surface area contributed by atoms with Gasteiger partial charge in [-0.05, 0) is 48.4 Å². The first kappa shape index (κ1) is 24.9. The van der Waals surface area contributed by atoms with Crippen LogP contribution >= 0.6 is 0 Å². The SMILES string of the molecule is COC(=O)c1ccc(Oc2ccnc3c2c(NC2CCN(C(=O)O)C2)nn3Cc2ccc(OC)cc2)cc1. The van der Waals surface area contributed by atoms with E-state index in [4.69, 9.17) is 19.3 Å². The number of likely N-dealkylation sites (tertiary alicyclic amines) is 1. The van der Waals surface area contributed by atoms with Crippen LogP contribution in [-0.2, 0) is 11.3 Å². The molecule has 5 rings (SSSR count). The molecule has 11 nitrogen and oxygen atoms in total. The van der Waals surface area contributed by atoms with Crippen LogP contribution in [0.15, 0.2) is 60.8 Å². The second-order valence-electron chi connectivity index (χ2n) is 8.84. The number of amides is 1. The van der Waals surface area contributed by atoms with Gasteiger partial charge in [-0.3, -0.25) is 0 Å². The zero-order chi connectivity index (χ0) is 26.6. The number of fused-ring (bicyclic) bond motifs is 1. The molecule has 1 aliphatic heterocycles. The maximum Gasteiger partial charge on any atom is 0.407 e. The van der Waals surface area contributed by atoms with Crippen molar-refractivity contribution >= 4 is 28.9 Å². The van der Waals surface area contributed by atoms with Gasteiger partial charge < -0.3 is 29.5 Å². The topological polar surface area (TPSA) is 128 Å². The zero-order valence-corrected chi connectivity index (χ0v) is 21.0. The number of rotatable bonds is 8. The molecule has 1 fully saturated rings. The molecular weight excluding hydrogens is 490 g/mol. The molecule has 0 spiro atoms. The first-order valence-electron chi connectivity index (χ1n) is 12.0. The highest BCUT2D eigenvalue weighted by Crippen LogP contribution is 2.35. The van der Waals surface area contributed by atoms with Gasteiger partial charge >= 0.3 is 12.1 Å². The van der Waals surface area contributed by atoms with E-state index in [0.29, 0.717) is 60.0 Å². The molecule has 11 heteroatoms. The van der Waals surface area contributed by atoms with Crippen molar-refractivity contribution in [3.05, 3.63) is 71.9 Å². The fourth-order valence-corrected chi connectivity index (χ4v) is 4.42. The molecular formula is C27H27N5O6. The van der Waals surface area contributed by atoms with Gasteiger partial charge in [0.05, 0.1) is 26.3 Å². The van der Waals surface area contributed by atoms with Crippen LogP contribution in [0.25, 0.3) is 11.0 Å². The predicted octanol–water partition coefficient (Wildman–Crippen LogP) is 4.23. The van der Waals surface area contributed by atoms with E-state index >= 15 is 0 Å². The van der Waals surface area contributed by atoms with Gasteiger partial charge in [0.2, 0.25) is 0 Å². The Bertz CT molecular complexity index is 1450. The molecule has 3 heterocycles. The van der Waals surface area contributed by atoms with Crippen molar-refractivity contribution in [2.75, 3.05) is 32.6 Å². The fourth-order valence-electron chi connectivity index (χ4n) is 4.42. The zero-order valence-electron chi connectivity index (χ0n) is 21.0. The summed E-state index contributed by atoms with van der Waals surface area (Å²) in [6.45, 7) is 1.26. The largest absolute Gasteiger partial charge is 0.497 e. The van der Waals surface area contributed by atoms with Crippen LogP contribution in [0.2, 0.25) is 0 Å². The highest BCUT2D eigenvalue weighted by Gasteiger charge is 2.28. The summed E-state index contributed by atoms with van der Waals surface area (Å²) in [6, 6.07) is 16.0. The lowest BCUT2D eigenvalue weighted by atomic mass is 10.2. The molecule has 0 radical (unpaired) electrons. The van der Waals surface area contributed by atoms with Crippen LogP contribution in [0.4, 0.5) is 10.6 Å². The van der Waals surface area contributed by atoms with Gasteiger partial charge in [0, 0.05) is 31.4 Å². The standard InChI is InChI=1S/C27H27N5O6/c1-36-20-7-3-17(4-8-20)15-32-25-23(24(30-32)29-19-12-14-31(16-19)27(34)35)22(11-13-28-25)38-21-9-5-18(6-10-21)26(33)37-2/h3-11,13,19H,12,14-16H2,1-2H3,(H,29,30)(H,34,35). The third-order valence-corrected chi connectivity index (χ3v) is 6.39. The van der Waals surface area contributed by atoms with E-state index in [1.807, 2.05) is 24.3 Å². The monoisotopic (exact) mass is 517 g/mol. The summed E-state index contributed by atoms with van der Waals surface area (Å²) in [6.07, 6.45) is 1.37. The third kappa shape index (κ3) is 5.17. The Kier molecular flexibility index (Phi) is 6.98. The average Bonchev–Trinajstić information content (AvgIpc) is 3.55. The number of nitrogens with zero attached hydrogens (tertiary/aromatic N) is 4. The molecule has 1 atom stereocenters. The van der Waals surface area contributed by atoms with E-state index in [0.717, 1.165) is 11.3 Å². The third-order valence-electron chi connectivity index (χ3n) is 6.39. The van der Waals surface area contributed by atoms with Gasteiger partial charge in [-0.15, -0.1) is 0 Å². The van der Waals surface area contributed by atoms with Crippen LogP contribution in [-0.4, -0.2) is 70.2 Å². The van der Waals surface area contributed by atoms with Crippen molar-refractivity contribution in [3.8, 4) is 17.2 Å². The molecule has 0 bridgehead atoms. The van der Waals surface area contributed by atoms with Crippen LogP contribution in [0, 0.1) is 0 Å². The van der Waals surface area contributed by atoms with Gasteiger partial charge in [-0.25, -0.2) is 19.3 Å². The molecule has 2 aromatic heterocycles. The Labute approximate surface area is 218 Å². The van der Waals surface area contributed by atoms with E-state index in [-0.39, 0.29) is 6.04 Å². The number of carbonyl (C=O) groups is 2. The van der Waals surface area contributed by atoms with Gasteiger partial charge in [-0.2, -0.15) is 5.10 Å². The van der Waals surface area contributed by atoms with Crippen molar-refractivity contribution in [2.24, 2.45) is 0 Å². The van der Waals surface area contributed by atoms with Crippen molar-refractivity contribution in [1.29, 1.82) is 0 Å². The molecule has 2 aromatic carbocycles. The number of nitrogens with one attached hydrogen (secondary N) is 1. The van der Waals surface area contributed by atoms with Crippen molar-refractivity contribution in [1.82, 2.24) is 19.7 Å². The van der Waals surface area contributed by atoms with Gasteiger partial charge in [-0.1, -0.05) is 12.1 Å². The number of carboxylic acid groups (broad SMARTS) is 1. The number of carbonyl (C=O) groups excluding carboxylic acids is 1. The summed E-state index contributed by atoms with van der Waals surface area (Å²) in [7, 11) is 2.95.